The number of fused-ring (bicyclic) bond motifs is 7. The molecule has 0 aliphatic heterocycles. The van der Waals surface area contributed by atoms with E-state index in [0.717, 1.165) is 12.8 Å². The first-order chi connectivity index (χ1) is 14.7. The van der Waals surface area contributed by atoms with E-state index < -0.39 is 0 Å². The summed E-state index contributed by atoms with van der Waals surface area (Å²) in [6.07, 6.45) is 14.3. The average molecular weight is 441 g/mol. The van der Waals surface area contributed by atoms with Gasteiger partial charge in [0.1, 0.15) is 0 Å². The molecule has 0 aromatic heterocycles. The number of hydrogen-bond acceptors (Lipinski definition) is 2. The fourth-order valence-corrected chi connectivity index (χ4v) is 10.5. The van der Waals surface area contributed by atoms with Crippen molar-refractivity contribution in [3.8, 4) is 0 Å². The Labute approximate surface area is 197 Å². The van der Waals surface area contributed by atoms with Gasteiger partial charge in [-0.3, -0.25) is 4.79 Å². The zero-order chi connectivity index (χ0) is 23.4. The maximum Gasteiger partial charge on any atom is 0.159 e. The van der Waals surface area contributed by atoms with Gasteiger partial charge in [-0.05, 0) is 108 Å². The van der Waals surface area contributed by atoms with E-state index in [-0.39, 0.29) is 39.6 Å². The largest absolute Gasteiger partial charge is 0.396 e. The van der Waals surface area contributed by atoms with E-state index in [0.29, 0.717) is 23.0 Å². The van der Waals surface area contributed by atoms with E-state index in [4.69, 9.17) is 0 Å². The number of allylic oxidation sites excluding steroid dienone is 2. The fraction of sp³-hybridized carbons (Fsp3) is 0.900. The van der Waals surface area contributed by atoms with Gasteiger partial charge in [0.05, 0.1) is 0 Å². The van der Waals surface area contributed by atoms with Gasteiger partial charge in [-0.2, -0.15) is 0 Å². The highest BCUT2D eigenvalue weighted by molar-refractivity contribution is 5.95. The average Bonchev–Trinajstić information content (AvgIpc) is 2.70. The molecule has 0 aromatic rings. The molecule has 0 amide bonds. The van der Waals surface area contributed by atoms with E-state index >= 15 is 0 Å². The fourth-order valence-electron chi connectivity index (χ4n) is 10.5. The second-order valence-corrected chi connectivity index (χ2v) is 15.0. The van der Waals surface area contributed by atoms with Gasteiger partial charge in [-0.1, -0.05) is 60.5 Å². The number of rotatable bonds is 1. The number of aliphatic hydroxyl groups is 1. The first-order valence-electron chi connectivity index (χ1n) is 13.6. The Morgan fingerprint density at radius 1 is 0.906 bits per heavy atom. The van der Waals surface area contributed by atoms with E-state index in [1.54, 1.807) is 0 Å². The summed E-state index contributed by atoms with van der Waals surface area (Å²) in [4.78, 5) is 14.2. The first kappa shape index (κ1) is 23.1. The number of hydrogen-bond donors (Lipinski definition) is 1. The van der Waals surface area contributed by atoms with Crippen LogP contribution < -0.4 is 0 Å². The molecule has 0 aromatic carbocycles. The maximum absolute atomic E-state index is 14.2. The second-order valence-electron chi connectivity index (χ2n) is 15.0. The molecule has 0 bridgehead atoms. The lowest BCUT2D eigenvalue weighted by molar-refractivity contribution is -0.185. The standard InChI is InChI=1S/C30H48O2/c1-25(2)10-8-11-28(5)23(25)9-12-30(7)24(28)22(32)17-20-21-18-26(3,19-31)13-14-27(21,4)15-16-29(20,30)6/h17,21,23-24,31H,8-16,18-19H2,1-7H3/t21-,23-,24+,26-,27+,28-,29+,30+/m0/s1. The van der Waals surface area contributed by atoms with Crippen molar-refractivity contribution >= 4 is 5.78 Å². The van der Waals surface area contributed by atoms with Crippen LogP contribution in [-0.2, 0) is 4.79 Å². The predicted octanol–water partition coefficient (Wildman–Crippen LogP) is 7.35. The normalized spacial score (nSPS) is 54.6. The van der Waals surface area contributed by atoms with Crippen LogP contribution in [0.2, 0.25) is 0 Å². The molecule has 5 aliphatic rings. The monoisotopic (exact) mass is 440 g/mol. The Hall–Kier alpha value is -0.630. The van der Waals surface area contributed by atoms with Gasteiger partial charge >= 0.3 is 0 Å². The Morgan fingerprint density at radius 3 is 2.28 bits per heavy atom. The summed E-state index contributed by atoms with van der Waals surface area (Å²) in [6, 6.07) is 0. The highest BCUT2D eigenvalue weighted by Crippen LogP contribution is 2.75. The maximum atomic E-state index is 14.2. The molecule has 5 rings (SSSR count). The van der Waals surface area contributed by atoms with E-state index in [1.165, 1.54) is 56.9 Å². The van der Waals surface area contributed by atoms with Crippen molar-refractivity contribution in [3.63, 3.8) is 0 Å². The minimum atomic E-state index is 0.00109. The third kappa shape index (κ3) is 2.77. The molecule has 0 heterocycles. The van der Waals surface area contributed by atoms with Crippen molar-refractivity contribution in [3.05, 3.63) is 11.6 Å². The van der Waals surface area contributed by atoms with E-state index in [2.05, 4.69) is 54.5 Å². The first-order valence-corrected chi connectivity index (χ1v) is 13.6. The van der Waals surface area contributed by atoms with Crippen molar-refractivity contribution in [1.82, 2.24) is 0 Å². The smallest absolute Gasteiger partial charge is 0.159 e. The molecule has 0 radical (unpaired) electrons. The van der Waals surface area contributed by atoms with Gasteiger partial charge in [0.2, 0.25) is 0 Å². The minimum Gasteiger partial charge on any atom is -0.396 e. The topological polar surface area (TPSA) is 37.3 Å². The molecule has 0 unspecified atom stereocenters. The summed E-state index contributed by atoms with van der Waals surface area (Å²) in [5.41, 5.74) is 2.41. The Bertz CT molecular complexity index is 855. The molecule has 5 aliphatic carbocycles. The molecule has 4 fully saturated rings. The van der Waals surface area contributed by atoms with Crippen LogP contribution in [0.3, 0.4) is 0 Å². The van der Waals surface area contributed by atoms with Gasteiger partial charge in [0.15, 0.2) is 5.78 Å². The summed E-state index contributed by atoms with van der Waals surface area (Å²) in [5.74, 6) is 1.72. The summed E-state index contributed by atoms with van der Waals surface area (Å²) >= 11 is 0. The molecule has 0 saturated heterocycles. The van der Waals surface area contributed by atoms with Gasteiger partial charge in [-0.15, -0.1) is 0 Å². The van der Waals surface area contributed by atoms with Crippen molar-refractivity contribution in [1.29, 1.82) is 0 Å². The molecule has 180 valence electrons. The van der Waals surface area contributed by atoms with Crippen molar-refractivity contribution in [2.24, 2.45) is 50.2 Å². The Balaban J connectivity index is 1.62. The summed E-state index contributed by atoms with van der Waals surface area (Å²) < 4.78 is 0. The molecule has 2 heteroatoms. The minimum absolute atomic E-state index is 0.00109. The van der Waals surface area contributed by atoms with E-state index in [1.807, 2.05) is 0 Å². The highest BCUT2D eigenvalue weighted by Gasteiger charge is 2.69. The predicted molar refractivity (Wildman–Crippen MR) is 131 cm³/mol. The number of ketones is 1. The van der Waals surface area contributed by atoms with Crippen molar-refractivity contribution in [2.45, 2.75) is 113 Å². The van der Waals surface area contributed by atoms with Crippen LogP contribution in [0.5, 0.6) is 0 Å². The van der Waals surface area contributed by atoms with Crippen LogP contribution in [0.15, 0.2) is 11.6 Å². The molecule has 1 N–H and O–H groups in total. The SMILES string of the molecule is CC1(C)CCC[C@]2(C)[C@H]3C(=O)C=C4[C@@H]5C[C@@](C)(CO)CC[C@]5(C)CC[C@@]4(C)[C@]3(C)CC[C@@H]12. The van der Waals surface area contributed by atoms with Crippen LogP contribution in [0.25, 0.3) is 0 Å². The van der Waals surface area contributed by atoms with Crippen LogP contribution in [0.1, 0.15) is 113 Å². The number of aliphatic hydroxyl groups excluding tert-OH is 1. The van der Waals surface area contributed by atoms with Gasteiger partial charge in [0, 0.05) is 12.5 Å². The lowest BCUT2D eigenvalue weighted by Gasteiger charge is -2.70. The van der Waals surface area contributed by atoms with Crippen LogP contribution in [0, 0.1) is 50.2 Å². The molecule has 32 heavy (non-hydrogen) atoms. The lowest BCUT2D eigenvalue weighted by atomic mass is 9.33. The molecule has 4 saturated carbocycles. The lowest BCUT2D eigenvalue weighted by Crippen LogP contribution is -2.65. The second kappa shape index (κ2) is 6.73. The van der Waals surface area contributed by atoms with Gasteiger partial charge in [-0.25, -0.2) is 0 Å². The summed E-state index contributed by atoms with van der Waals surface area (Å²) in [5, 5.41) is 10.2. The van der Waals surface area contributed by atoms with Crippen LogP contribution in [0.4, 0.5) is 0 Å². The van der Waals surface area contributed by atoms with Crippen molar-refractivity contribution in [2.75, 3.05) is 6.61 Å². The third-order valence-electron chi connectivity index (χ3n) is 12.8. The Morgan fingerprint density at radius 2 is 1.59 bits per heavy atom. The van der Waals surface area contributed by atoms with Crippen LogP contribution >= 0.6 is 0 Å². The molecule has 2 nitrogen and oxygen atoms in total. The number of carbonyl (C=O) groups excluding carboxylic acids is 1. The molecular formula is C30H48O2. The molecule has 8 atom stereocenters. The third-order valence-corrected chi connectivity index (χ3v) is 12.8. The summed E-state index contributed by atoms with van der Waals surface area (Å²) in [7, 11) is 0. The molecule has 0 spiro atoms. The number of carbonyl (C=O) groups is 1. The zero-order valence-corrected chi connectivity index (χ0v) is 21.9. The van der Waals surface area contributed by atoms with Crippen molar-refractivity contribution < 1.29 is 9.90 Å². The Kier molecular flexibility index (Phi) is 4.87. The summed E-state index contributed by atoms with van der Waals surface area (Å²) in [6.45, 7) is 17.5. The van der Waals surface area contributed by atoms with Crippen LogP contribution in [-0.4, -0.2) is 17.5 Å². The van der Waals surface area contributed by atoms with E-state index in [9.17, 15) is 9.90 Å². The molecular weight excluding hydrogens is 392 g/mol. The van der Waals surface area contributed by atoms with Gasteiger partial charge in [0.25, 0.3) is 0 Å². The quantitative estimate of drug-likeness (QED) is 0.463. The van der Waals surface area contributed by atoms with Gasteiger partial charge < -0.3 is 5.11 Å². The zero-order valence-electron chi connectivity index (χ0n) is 21.9. The highest BCUT2D eigenvalue weighted by atomic mass is 16.3.